The largest absolute Gasteiger partial charge is 0.493 e. The van der Waals surface area contributed by atoms with E-state index in [4.69, 9.17) is 9.15 Å². The van der Waals surface area contributed by atoms with Crippen LogP contribution >= 0.6 is 0 Å². The van der Waals surface area contributed by atoms with E-state index in [9.17, 15) is 0 Å². The summed E-state index contributed by atoms with van der Waals surface area (Å²) in [7, 11) is 1.77. The van der Waals surface area contributed by atoms with E-state index in [1.54, 1.807) is 13.3 Å². The number of rotatable bonds is 6. The summed E-state index contributed by atoms with van der Waals surface area (Å²) >= 11 is 0. The van der Waals surface area contributed by atoms with Gasteiger partial charge < -0.3 is 19.8 Å². The molecular weight excluding hydrogens is 364 g/mol. The van der Waals surface area contributed by atoms with Crippen molar-refractivity contribution in [2.75, 3.05) is 20.2 Å². The molecule has 2 aromatic carbocycles. The third kappa shape index (κ3) is 4.77. The second kappa shape index (κ2) is 8.82. The molecule has 0 aliphatic carbocycles. The number of fused-ring (bicyclic) bond motifs is 1. The molecule has 0 atom stereocenters. The van der Waals surface area contributed by atoms with Crippen LogP contribution in [-0.4, -0.2) is 31.1 Å². The number of nitrogens with one attached hydrogen (secondary N) is 2. The Bertz CT molecular complexity index is 992. The molecule has 0 bridgehead atoms. The number of aryl methyl sites for hydroxylation is 1. The number of oxazole rings is 1. The van der Waals surface area contributed by atoms with Gasteiger partial charge in [-0.2, -0.15) is 0 Å². The van der Waals surface area contributed by atoms with E-state index < -0.39 is 0 Å². The van der Waals surface area contributed by atoms with Crippen molar-refractivity contribution in [1.29, 1.82) is 0 Å². The van der Waals surface area contributed by atoms with Crippen molar-refractivity contribution in [1.82, 2.24) is 15.6 Å². The number of guanidine groups is 1. The van der Waals surface area contributed by atoms with Crippen LogP contribution in [0.2, 0.25) is 0 Å². The second-order valence-corrected chi connectivity index (χ2v) is 7.15. The molecular formula is C23H26N4O2. The van der Waals surface area contributed by atoms with Crippen LogP contribution in [0.1, 0.15) is 22.4 Å². The van der Waals surface area contributed by atoms with Gasteiger partial charge in [0.05, 0.1) is 18.8 Å². The van der Waals surface area contributed by atoms with Crippen LogP contribution in [0.25, 0.3) is 11.5 Å². The minimum Gasteiger partial charge on any atom is -0.493 e. The predicted molar refractivity (Wildman–Crippen MR) is 114 cm³/mol. The molecule has 0 radical (unpaired) electrons. The first-order valence-corrected chi connectivity index (χ1v) is 9.92. The number of benzene rings is 2. The summed E-state index contributed by atoms with van der Waals surface area (Å²) in [6.07, 6.45) is 3.61. The van der Waals surface area contributed by atoms with Gasteiger partial charge in [0.25, 0.3) is 0 Å². The van der Waals surface area contributed by atoms with Gasteiger partial charge in [-0.25, -0.2) is 4.98 Å². The van der Waals surface area contributed by atoms with Gasteiger partial charge >= 0.3 is 0 Å². The molecule has 150 valence electrons. The summed E-state index contributed by atoms with van der Waals surface area (Å²) in [5, 5.41) is 6.63. The Labute approximate surface area is 171 Å². The third-order valence-corrected chi connectivity index (χ3v) is 4.97. The van der Waals surface area contributed by atoms with Crippen molar-refractivity contribution in [2.24, 2.45) is 4.99 Å². The lowest BCUT2D eigenvalue weighted by Gasteiger charge is -2.11. The molecule has 3 aromatic rings. The van der Waals surface area contributed by atoms with Crippen LogP contribution in [0.3, 0.4) is 0 Å². The van der Waals surface area contributed by atoms with Crippen LogP contribution in [0.15, 0.2) is 58.1 Å². The highest BCUT2D eigenvalue weighted by molar-refractivity contribution is 5.79. The van der Waals surface area contributed by atoms with Crippen molar-refractivity contribution in [2.45, 2.75) is 26.3 Å². The summed E-state index contributed by atoms with van der Waals surface area (Å²) in [4.78, 5) is 8.84. The summed E-state index contributed by atoms with van der Waals surface area (Å²) < 4.78 is 11.2. The Hall–Kier alpha value is -3.28. The minimum atomic E-state index is 0.547. The van der Waals surface area contributed by atoms with E-state index in [0.717, 1.165) is 49.0 Å². The Balaban J connectivity index is 1.26. The molecule has 0 amide bonds. The van der Waals surface area contributed by atoms with Crippen molar-refractivity contribution < 1.29 is 9.15 Å². The standard InChI is InChI=1S/C23H26N4O2/c1-16-3-6-18(7-4-16)22-27-20(15-29-22)14-26-23(24-2)25-11-9-17-5-8-21-19(13-17)10-12-28-21/h3-8,13,15H,9-12,14H2,1-2H3,(H2,24,25,26). The summed E-state index contributed by atoms with van der Waals surface area (Å²) in [5.41, 5.74) is 5.63. The van der Waals surface area contributed by atoms with Crippen molar-refractivity contribution >= 4 is 5.96 Å². The second-order valence-electron chi connectivity index (χ2n) is 7.15. The zero-order chi connectivity index (χ0) is 20.1. The zero-order valence-corrected chi connectivity index (χ0v) is 16.9. The van der Waals surface area contributed by atoms with Crippen LogP contribution in [-0.2, 0) is 19.4 Å². The van der Waals surface area contributed by atoms with Crippen molar-refractivity contribution in [3.63, 3.8) is 0 Å². The average Bonchev–Trinajstić information content (AvgIpc) is 3.40. The van der Waals surface area contributed by atoms with E-state index in [-0.39, 0.29) is 0 Å². The van der Waals surface area contributed by atoms with Gasteiger partial charge in [-0.05, 0) is 42.7 Å². The van der Waals surface area contributed by atoms with Gasteiger partial charge in [0.15, 0.2) is 5.96 Å². The highest BCUT2D eigenvalue weighted by Gasteiger charge is 2.12. The van der Waals surface area contributed by atoms with E-state index in [0.29, 0.717) is 12.4 Å². The molecule has 4 rings (SSSR count). The molecule has 1 aliphatic rings. The van der Waals surface area contributed by atoms with Gasteiger partial charge in [-0.15, -0.1) is 0 Å². The molecule has 6 nitrogen and oxygen atoms in total. The van der Waals surface area contributed by atoms with Gasteiger partial charge in [-0.1, -0.05) is 29.8 Å². The fourth-order valence-electron chi connectivity index (χ4n) is 3.33. The Morgan fingerprint density at radius 1 is 1.14 bits per heavy atom. The maximum atomic E-state index is 5.61. The smallest absolute Gasteiger partial charge is 0.226 e. The molecule has 1 aromatic heterocycles. The number of nitrogens with zero attached hydrogens (tertiary/aromatic N) is 2. The number of hydrogen-bond donors (Lipinski definition) is 2. The van der Waals surface area contributed by atoms with Crippen molar-refractivity contribution in [3.8, 4) is 17.2 Å². The Morgan fingerprint density at radius 2 is 2.00 bits per heavy atom. The lowest BCUT2D eigenvalue weighted by Crippen LogP contribution is -2.37. The van der Waals surface area contributed by atoms with E-state index in [1.165, 1.54) is 16.7 Å². The number of aromatic nitrogens is 1. The normalized spacial score (nSPS) is 13.1. The Kier molecular flexibility index (Phi) is 5.79. The first-order chi connectivity index (χ1) is 14.2. The predicted octanol–water partition coefficient (Wildman–Crippen LogP) is 3.49. The first kappa shape index (κ1) is 19.1. The first-order valence-electron chi connectivity index (χ1n) is 9.92. The lowest BCUT2D eigenvalue weighted by atomic mass is 10.1. The molecule has 0 spiro atoms. The van der Waals surface area contributed by atoms with Crippen molar-refractivity contribution in [3.05, 3.63) is 71.1 Å². The lowest BCUT2D eigenvalue weighted by molar-refractivity contribution is 0.357. The Morgan fingerprint density at radius 3 is 2.83 bits per heavy atom. The number of aliphatic imine (C=N–C) groups is 1. The van der Waals surface area contributed by atoms with E-state index >= 15 is 0 Å². The average molecular weight is 390 g/mol. The molecule has 29 heavy (non-hydrogen) atoms. The van der Waals surface area contributed by atoms with Crippen LogP contribution in [0.4, 0.5) is 0 Å². The zero-order valence-electron chi connectivity index (χ0n) is 16.9. The van der Waals surface area contributed by atoms with Gasteiger partial charge in [0.1, 0.15) is 12.0 Å². The van der Waals surface area contributed by atoms with Crippen LogP contribution < -0.4 is 15.4 Å². The number of hydrogen-bond acceptors (Lipinski definition) is 4. The highest BCUT2D eigenvalue weighted by atomic mass is 16.5. The molecule has 0 saturated carbocycles. The fourth-order valence-corrected chi connectivity index (χ4v) is 3.33. The van der Waals surface area contributed by atoms with Gasteiger partial charge in [0.2, 0.25) is 5.89 Å². The molecule has 0 saturated heterocycles. The summed E-state index contributed by atoms with van der Waals surface area (Å²) in [5.74, 6) is 2.40. The maximum Gasteiger partial charge on any atom is 0.226 e. The van der Waals surface area contributed by atoms with Gasteiger partial charge in [0, 0.05) is 25.6 Å². The molecule has 6 heteroatoms. The topological polar surface area (TPSA) is 71.7 Å². The highest BCUT2D eigenvalue weighted by Crippen LogP contribution is 2.25. The minimum absolute atomic E-state index is 0.547. The quantitative estimate of drug-likeness (QED) is 0.498. The third-order valence-electron chi connectivity index (χ3n) is 4.97. The molecule has 0 unspecified atom stereocenters. The maximum absolute atomic E-state index is 5.61. The van der Waals surface area contributed by atoms with E-state index in [2.05, 4.69) is 57.9 Å². The summed E-state index contributed by atoms with van der Waals surface area (Å²) in [6.45, 7) is 4.20. The fraction of sp³-hybridized carbons (Fsp3) is 0.304. The molecule has 0 fully saturated rings. The molecule has 1 aliphatic heterocycles. The number of ether oxygens (including phenoxy) is 1. The summed E-state index contributed by atoms with van der Waals surface area (Å²) in [6, 6.07) is 14.6. The van der Waals surface area contributed by atoms with Gasteiger partial charge in [-0.3, -0.25) is 4.99 Å². The van der Waals surface area contributed by atoms with Crippen LogP contribution in [0.5, 0.6) is 5.75 Å². The SMILES string of the molecule is CN=C(NCCc1ccc2c(c1)CCO2)NCc1coc(-c2ccc(C)cc2)n1. The van der Waals surface area contributed by atoms with E-state index in [1.807, 2.05) is 12.1 Å². The molecule has 2 heterocycles. The monoisotopic (exact) mass is 390 g/mol. The van der Waals surface area contributed by atoms with Crippen LogP contribution in [0, 0.1) is 6.92 Å². The molecule has 2 N–H and O–H groups in total.